The number of nitrogens with zero attached hydrogens (tertiary/aromatic N) is 1. The van der Waals surface area contributed by atoms with Gasteiger partial charge in [0.15, 0.2) is 0 Å². The Morgan fingerprint density at radius 1 is 1.22 bits per heavy atom. The van der Waals surface area contributed by atoms with Crippen molar-refractivity contribution in [2.45, 2.75) is 6.92 Å². The van der Waals surface area contributed by atoms with Crippen LogP contribution in [0.4, 0.5) is 0 Å². The molecule has 2 heteroatoms. The van der Waals surface area contributed by atoms with Gasteiger partial charge < -0.3 is 9.80 Å². The molecule has 0 aromatic rings. The van der Waals surface area contributed by atoms with Gasteiger partial charge in [0.2, 0.25) is 0 Å². The highest BCUT2D eigenvalue weighted by Gasteiger charge is 2.03. The first-order valence-corrected chi connectivity index (χ1v) is 3.57. The molecule has 0 bridgehead atoms. The van der Waals surface area contributed by atoms with Crippen LogP contribution in [0.3, 0.4) is 0 Å². The SMILES string of the molecule is CCNCC[N+](C)(C)C. The van der Waals surface area contributed by atoms with Gasteiger partial charge in [-0.3, -0.25) is 0 Å². The highest BCUT2D eigenvalue weighted by molar-refractivity contribution is 4.38. The van der Waals surface area contributed by atoms with Gasteiger partial charge in [0.05, 0.1) is 27.7 Å². The molecule has 0 fully saturated rings. The zero-order valence-corrected chi connectivity index (χ0v) is 7.07. The minimum absolute atomic E-state index is 1.05. The molecule has 0 amide bonds. The minimum atomic E-state index is 1.05. The van der Waals surface area contributed by atoms with Crippen LogP contribution in [0.25, 0.3) is 0 Å². The molecule has 0 saturated carbocycles. The monoisotopic (exact) mass is 131 g/mol. The fourth-order valence-electron chi connectivity index (χ4n) is 0.591. The Bertz CT molecular complexity index is 63.8. The summed E-state index contributed by atoms with van der Waals surface area (Å²) in [5, 5.41) is 3.29. The Labute approximate surface area is 58.4 Å². The van der Waals surface area contributed by atoms with Gasteiger partial charge in [-0.15, -0.1) is 0 Å². The third-order valence-corrected chi connectivity index (χ3v) is 1.21. The fraction of sp³-hybridized carbons (Fsp3) is 1.00. The molecule has 0 saturated heterocycles. The number of quaternary nitrogens is 1. The Balaban J connectivity index is 3.07. The standard InChI is InChI=1S/C7H19N2/c1-5-8-6-7-9(2,3)4/h8H,5-7H2,1-4H3/q+1. The summed E-state index contributed by atoms with van der Waals surface area (Å²) in [5.41, 5.74) is 0. The van der Waals surface area contributed by atoms with E-state index < -0.39 is 0 Å². The maximum atomic E-state index is 3.29. The summed E-state index contributed by atoms with van der Waals surface area (Å²) in [6.07, 6.45) is 0. The van der Waals surface area contributed by atoms with Crippen LogP contribution in [-0.2, 0) is 0 Å². The van der Waals surface area contributed by atoms with Crippen molar-refractivity contribution in [2.75, 3.05) is 40.8 Å². The first-order valence-electron chi connectivity index (χ1n) is 3.57. The van der Waals surface area contributed by atoms with Crippen LogP contribution < -0.4 is 5.32 Å². The summed E-state index contributed by atoms with van der Waals surface area (Å²) in [7, 11) is 6.62. The van der Waals surface area contributed by atoms with Crippen molar-refractivity contribution >= 4 is 0 Å². The Kier molecular flexibility index (Phi) is 3.82. The number of nitrogens with one attached hydrogen (secondary N) is 1. The number of hydrogen-bond donors (Lipinski definition) is 1. The van der Waals surface area contributed by atoms with E-state index in [0.717, 1.165) is 17.6 Å². The first kappa shape index (κ1) is 8.92. The largest absolute Gasteiger partial charge is 0.330 e. The van der Waals surface area contributed by atoms with Gasteiger partial charge in [-0.25, -0.2) is 0 Å². The van der Waals surface area contributed by atoms with E-state index in [0.29, 0.717) is 0 Å². The van der Waals surface area contributed by atoms with E-state index in [1.807, 2.05) is 0 Å². The molecule has 2 nitrogen and oxygen atoms in total. The van der Waals surface area contributed by atoms with Gasteiger partial charge in [-0.05, 0) is 6.54 Å². The molecule has 56 valence electrons. The fourth-order valence-corrected chi connectivity index (χ4v) is 0.591. The summed E-state index contributed by atoms with van der Waals surface area (Å²) in [6.45, 7) is 5.55. The van der Waals surface area contributed by atoms with Crippen LogP contribution in [0.2, 0.25) is 0 Å². The molecule has 0 aliphatic rings. The lowest BCUT2D eigenvalue weighted by Gasteiger charge is -2.23. The summed E-state index contributed by atoms with van der Waals surface area (Å²) < 4.78 is 1.05. The third-order valence-electron chi connectivity index (χ3n) is 1.21. The summed E-state index contributed by atoms with van der Waals surface area (Å²) >= 11 is 0. The first-order chi connectivity index (χ1) is 4.06. The van der Waals surface area contributed by atoms with Crippen LogP contribution in [-0.4, -0.2) is 45.3 Å². The van der Waals surface area contributed by atoms with E-state index in [4.69, 9.17) is 0 Å². The van der Waals surface area contributed by atoms with E-state index in [1.165, 1.54) is 6.54 Å². The van der Waals surface area contributed by atoms with E-state index in [1.54, 1.807) is 0 Å². The second-order valence-electron chi connectivity index (χ2n) is 3.37. The van der Waals surface area contributed by atoms with E-state index in [9.17, 15) is 0 Å². The number of hydrogen-bond acceptors (Lipinski definition) is 1. The lowest BCUT2D eigenvalue weighted by molar-refractivity contribution is -0.869. The van der Waals surface area contributed by atoms with E-state index >= 15 is 0 Å². The van der Waals surface area contributed by atoms with Gasteiger partial charge in [0, 0.05) is 6.54 Å². The van der Waals surface area contributed by atoms with Gasteiger partial charge in [0.25, 0.3) is 0 Å². The lowest BCUT2D eigenvalue weighted by atomic mass is 10.5. The van der Waals surface area contributed by atoms with Gasteiger partial charge in [-0.2, -0.15) is 0 Å². The number of rotatable bonds is 4. The zero-order valence-electron chi connectivity index (χ0n) is 7.07. The maximum Gasteiger partial charge on any atom is 0.0907 e. The van der Waals surface area contributed by atoms with Crippen molar-refractivity contribution in [1.82, 2.24) is 5.32 Å². The molecule has 0 rings (SSSR count). The van der Waals surface area contributed by atoms with Crippen molar-refractivity contribution in [3.63, 3.8) is 0 Å². The van der Waals surface area contributed by atoms with Crippen molar-refractivity contribution in [1.29, 1.82) is 0 Å². The van der Waals surface area contributed by atoms with Gasteiger partial charge in [-0.1, -0.05) is 6.92 Å². The van der Waals surface area contributed by atoms with Gasteiger partial charge in [0.1, 0.15) is 0 Å². The van der Waals surface area contributed by atoms with Crippen molar-refractivity contribution in [2.24, 2.45) is 0 Å². The third kappa shape index (κ3) is 7.92. The van der Waals surface area contributed by atoms with Crippen molar-refractivity contribution in [3.8, 4) is 0 Å². The lowest BCUT2D eigenvalue weighted by Crippen LogP contribution is -2.40. The average molecular weight is 131 g/mol. The molecule has 0 radical (unpaired) electrons. The maximum absolute atomic E-state index is 3.29. The Morgan fingerprint density at radius 3 is 2.11 bits per heavy atom. The summed E-state index contributed by atoms with van der Waals surface area (Å²) in [4.78, 5) is 0. The molecular formula is C7H19N2+. The molecule has 0 atom stereocenters. The van der Waals surface area contributed by atoms with Crippen LogP contribution in [0.1, 0.15) is 6.92 Å². The van der Waals surface area contributed by atoms with Crippen molar-refractivity contribution < 1.29 is 4.48 Å². The molecule has 0 heterocycles. The second-order valence-corrected chi connectivity index (χ2v) is 3.37. The zero-order chi connectivity index (χ0) is 7.33. The Morgan fingerprint density at radius 2 is 1.78 bits per heavy atom. The molecule has 0 aromatic heterocycles. The minimum Gasteiger partial charge on any atom is -0.330 e. The van der Waals surface area contributed by atoms with Gasteiger partial charge >= 0.3 is 0 Å². The summed E-state index contributed by atoms with van der Waals surface area (Å²) in [6, 6.07) is 0. The molecular weight excluding hydrogens is 112 g/mol. The smallest absolute Gasteiger partial charge is 0.0907 e. The predicted octanol–water partition coefficient (Wildman–Crippen LogP) is 0.302. The molecule has 9 heavy (non-hydrogen) atoms. The van der Waals surface area contributed by atoms with E-state index in [-0.39, 0.29) is 0 Å². The topological polar surface area (TPSA) is 12.0 Å². The average Bonchev–Trinajstić information content (AvgIpc) is 1.63. The normalized spacial score (nSPS) is 12.0. The molecule has 0 aliphatic carbocycles. The summed E-state index contributed by atoms with van der Waals surface area (Å²) in [5.74, 6) is 0. The van der Waals surface area contributed by atoms with Crippen molar-refractivity contribution in [3.05, 3.63) is 0 Å². The quantitative estimate of drug-likeness (QED) is 0.427. The highest BCUT2D eigenvalue weighted by atomic mass is 15.3. The van der Waals surface area contributed by atoms with Crippen LogP contribution >= 0.6 is 0 Å². The molecule has 0 unspecified atom stereocenters. The van der Waals surface area contributed by atoms with E-state index in [2.05, 4.69) is 33.4 Å². The highest BCUT2D eigenvalue weighted by Crippen LogP contribution is 1.85. The van der Waals surface area contributed by atoms with Crippen LogP contribution in [0.15, 0.2) is 0 Å². The molecule has 0 aliphatic heterocycles. The Hall–Kier alpha value is -0.0800. The molecule has 0 spiro atoms. The predicted molar refractivity (Wildman–Crippen MR) is 41.4 cm³/mol. The molecule has 1 N–H and O–H groups in total. The van der Waals surface area contributed by atoms with Crippen LogP contribution in [0, 0.1) is 0 Å². The van der Waals surface area contributed by atoms with Crippen LogP contribution in [0.5, 0.6) is 0 Å². The number of likely N-dealkylation sites (N-methyl/N-ethyl adjacent to an activating group) is 2. The molecule has 0 aromatic carbocycles. The second kappa shape index (κ2) is 3.85.